The number of methoxy groups -OCH3 is 1. The molecule has 0 saturated carbocycles. The van der Waals surface area contributed by atoms with Gasteiger partial charge in [-0.3, -0.25) is 4.79 Å². The molecule has 5 atom stereocenters. The van der Waals surface area contributed by atoms with Gasteiger partial charge >= 0.3 is 5.97 Å². The number of carbonyl (C=O) groups excluding carboxylic acids is 1. The number of carbonyl (C=O) groups is 1. The normalized spacial score (nSPS) is 34.9. The molecule has 2 fully saturated rings. The van der Waals surface area contributed by atoms with E-state index in [4.69, 9.17) is 14.2 Å². The molecule has 0 bridgehead atoms. The Kier molecular flexibility index (Phi) is 3.26. The van der Waals surface area contributed by atoms with E-state index in [1.807, 2.05) is 30.3 Å². The molecule has 3 rings (SSSR count). The number of ether oxygens (including phenoxy) is 3. The van der Waals surface area contributed by atoms with Crippen LogP contribution in [0.5, 0.6) is 0 Å². The summed E-state index contributed by atoms with van der Waals surface area (Å²) in [6.45, 7) is 0. The van der Waals surface area contributed by atoms with Gasteiger partial charge in [-0.2, -0.15) is 0 Å². The highest BCUT2D eigenvalue weighted by Crippen LogP contribution is 2.38. The summed E-state index contributed by atoms with van der Waals surface area (Å²) in [5.41, 5.74) is 0.931. The van der Waals surface area contributed by atoms with E-state index >= 15 is 0 Å². The Morgan fingerprint density at radius 1 is 1.37 bits per heavy atom. The molecule has 5 nitrogen and oxygen atoms in total. The molecule has 0 aromatic heterocycles. The van der Waals surface area contributed by atoms with Gasteiger partial charge in [-0.25, -0.2) is 0 Å². The second-order valence-corrected chi connectivity index (χ2v) is 4.86. The van der Waals surface area contributed by atoms with Gasteiger partial charge < -0.3 is 19.3 Å². The average molecular weight is 264 g/mol. The van der Waals surface area contributed by atoms with Crippen molar-refractivity contribution in [2.45, 2.75) is 36.9 Å². The molecule has 2 saturated heterocycles. The monoisotopic (exact) mass is 264 g/mol. The van der Waals surface area contributed by atoms with Crippen LogP contribution in [-0.4, -0.2) is 42.6 Å². The topological polar surface area (TPSA) is 65.0 Å². The number of fused-ring (bicyclic) bond motifs is 1. The van der Waals surface area contributed by atoms with E-state index < -0.39 is 18.3 Å². The molecular weight excluding hydrogens is 248 g/mol. The number of benzene rings is 1. The fourth-order valence-electron chi connectivity index (χ4n) is 2.79. The third-order valence-electron chi connectivity index (χ3n) is 3.69. The minimum absolute atomic E-state index is 0.198. The minimum atomic E-state index is -0.860. The van der Waals surface area contributed by atoms with E-state index in [2.05, 4.69) is 0 Å². The van der Waals surface area contributed by atoms with Crippen molar-refractivity contribution in [2.75, 3.05) is 7.11 Å². The van der Waals surface area contributed by atoms with Gasteiger partial charge in [-0.05, 0) is 5.56 Å². The molecule has 19 heavy (non-hydrogen) atoms. The van der Waals surface area contributed by atoms with Crippen LogP contribution in [0.25, 0.3) is 0 Å². The highest BCUT2D eigenvalue weighted by Gasteiger charge is 2.53. The molecule has 1 aromatic rings. The maximum atomic E-state index is 11.2. The van der Waals surface area contributed by atoms with Crippen LogP contribution >= 0.6 is 0 Å². The fraction of sp³-hybridized carbons (Fsp3) is 0.500. The maximum Gasteiger partial charge on any atom is 0.309 e. The van der Waals surface area contributed by atoms with Crippen LogP contribution in [0.15, 0.2) is 30.3 Å². The Labute approximate surface area is 111 Å². The van der Waals surface area contributed by atoms with Gasteiger partial charge in [-0.1, -0.05) is 30.3 Å². The van der Waals surface area contributed by atoms with Crippen LogP contribution in [0.4, 0.5) is 0 Å². The molecule has 1 aromatic carbocycles. The molecule has 2 aliphatic heterocycles. The summed E-state index contributed by atoms with van der Waals surface area (Å²) >= 11 is 0. The lowest BCUT2D eigenvalue weighted by molar-refractivity contribution is -0.147. The molecule has 5 heteroatoms. The second kappa shape index (κ2) is 4.92. The first-order chi connectivity index (χ1) is 9.20. The molecule has 0 amide bonds. The van der Waals surface area contributed by atoms with Gasteiger partial charge in [0.15, 0.2) is 6.10 Å². The Hall–Kier alpha value is -1.43. The lowest BCUT2D eigenvalue weighted by Crippen LogP contribution is -2.36. The predicted molar refractivity (Wildman–Crippen MR) is 65.4 cm³/mol. The van der Waals surface area contributed by atoms with E-state index in [1.54, 1.807) is 7.11 Å². The van der Waals surface area contributed by atoms with Crippen molar-refractivity contribution < 1.29 is 24.1 Å². The summed E-state index contributed by atoms with van der Waals surface area (Å²) in [6.07, 6.45) is -2.49. The quantitative estimate of drug-likeness (QED) is 0.819. The fourth-order valence-corrected chi connectivity index (χ4v) is 2.79. The Balaban J connectivity index is 1.81. The van der Waals surface area contributed by atoms with Crippen LogP contribution in [0, 0.1) is 0 Å². The summed E-state index contributed by atoms with van der Waals surface area (Å²) in [5.74, 6) is -0.318. The highest BCUT2D eigenvalue weighted by molar-refractivity contribution is 5.73. The van der Waals surface area contributed by atoms with Crippen molar-refractivity contribution in [3.05, 3.63) is 35.9 Å². The largest absolute Gasteiger partial charge is 0.457 e. The first-order valence-corrected chi connectivity index (χ1v) is 6.31. The van der Waals surface area contributed by atoms with Crippen molar-refractivity contribution in [3.63, 3.8) is 0 Å². The van der Waals surface area contributed by atoms with Gasteiger partial charge in [0.1, 0.15) is 24.4 Å². The van der Waals surface area contributed by atoms with Crippen LogP contribution in [0.2, 0.25) is 0 Å². The van der Waals surface area contributed by atoms with Crippen LogP contribution in [-0.2, 0) is 19.0 Å². The third kappa shape index (κ3) is 2.14. The van der Waals surface area contributed by atoms with E-state index in [9.17, 15) is 9.90 Å². The van der Waals surface area contributed by atoms with E-state index in [0.29, 0.717) is 0 Å². The van der Waals surface area contributed by atoms with Crippen molar-refractivity contribution in [1.82, 2.24) is 0 Å². The summed E-state index contributed by atoms with van der Waals surface area (Å²) in [7, 11) is 1.58. The Bertz CT molecular complexity index is 460. The van der Waals surface area contributed by atoms with Crippen LogP contribution in [0.1, 0.15) is 18.1 Å². The Morgan fingerprint density at radius 3 is 2.74 bits per heavy atom. The van der Waals surface area contributed by atoms with E-state index in [0.717, 1.165) is 5.56 Å². The standard InChI is InChI=1S/C14H16O5/c1-17-12(8-5-3-2-4-6-8)14-11(16)13-9(18-14)7-10(15)19-13/h2-6,9,11-14,16H,7H2,1H3/t9-,11-,12-,13+,14+/m1/s1. The summed E-state index contributed by atoms with van der Waals surface area (Å²) in [4.78, 5) is 11.2. The SMILES string of the molecule is CO[C@H](c1ccccc1)[C@H]1O[C@@H]2CC(=O)O[C@@H]2[C@H]1O. The number of rotatable bonds is 3. The van der Waals surface area contributed by atoms with Gasteiger partial charge in [0.05, 0.1) is 6.42 Å². The number of hydrogen-bond acceptors (Lipinski definition) is 5. The zero-order valence-electron chi connectivity index (χ0n) is 10.6. The van der Waals surface area contributed by atoms with E-state index in [-0.39, 0.29) is 24.6 Å². The number of hydrogen-bond donors (Lipinski definition) is 1. The zero-order valence-corrected chi connectivity index (χ0v) is 10.6. The Morgan fingerprint density at radius 2 is 2.11 bits per heavy atom. The van der Waals surface area contributed by atoms with Gasteiger partial charge in [0, 0.05) is 7.11 Å². The first kappa shape index (κ1) is 12.6. The zero-order chi connectivity index (χ0) is 13.4. The minimum Gasteiger partial charge on any atom is -0.457 e. The summed E-state index contributed by atoms with van der Waals surface area (Å²) in [6, 6.07) is 9.57. The lowest BCUT2D eigenvalue weighted by Gasteiger charge is -2.25. The van der Waals surface area contributed by atoms with Gasteiger partial charge in [0.2, 0.25) is 0 Å². The molecule has 0 radical (unpaired) electrons. The first-order valence-electron chi connectivity index (χ1n) is 6.31. The molecule has 2 heterocycles. The van der Waals surface area contributed by atoms with Crippen molar-refractivity contribution in [1.29, 1.82) is 0 Å². The molecule has 1 N–H and O–H groups in total. The number of aliphatic hydroxyl groups excluding tert-OH is 1. The van der Waals surface area contributed by atoms with Gasteiger partial charge in [-0.15, -0.1) is 0 Å². The second-order valence-electron chi connectivity index (χ2n) is 4.86. The molecule has 0 unspecified atom stereocenters. The molecular formula is C14H16O5. The van der Waals surface area contributed by atoms with Crippen molar-refractivity contribution >= 4 is 5.97 Å². The van der Waals surface area contributed by atoms with Crippen molar-refractivity contribution in [2.24, 2.45) is 0 Å². The smallest absolute Gasteiger partial charge is 0.309 e. The predicted octanol–water partition coefficient (Wildman–Crippen LogP) is 0.818. The van der Waals surface area contributed by atoms with Crippen molar-refractivity contribution in [3.8, 4) is 0 Å². The molecule has 0 spiro atoms. The van der Waals surface area contributed by atoms with Crippen LogP contribution in [0.3, 0.4) is 0 Å². The van der Waals surface area contributed by atoms with Gasteiger partial charge in [0.25, 0.3) is 0 Å². The summed E-state index contributed by atoms with van der Waals surface area (Å²) < 4.78 is 16.3. The lowest BCUT2D eigenvalue weighted by atomic mass is 9.98. The maximum absolute atomic E-state index is 11.2. The third-order valence-corrected chi connectivity index (χ3v) is 3.69. The molecule has 2 aliphatic rings. The average Bonchev–Trinajstić information content (AvgIpc) is 2.91. The summed E-state index contributed by atoms with van der Waals surface area (Å²) in [5, 5.41) is 10.3. The van der Waals surface area contributed by atoms with E-state index in [1.165, 1.54) is 0 Å². The highest BCUT2D eigenvalue weighted by atomic mass is 16.6. The number of esters is 1. The molecule has 0 aliphatic carbocycles. The van der Waals surface area contributed by atoms with Crippen LogP contribution < -0.4 is 0 Å². The molecule has 102 valence electrons. The number of aliphatic hydroxyl groups is 1.